The van der Waals surface area contributed by atoms with Gasteiger partial charge in [0.2, 0.25) is 0 Å². The molecule has 0 nitrogen and oxygen atoms in total. The Morgan fingerprint density at radius 2 is 1.00 bits per heavy atom. The summed E-state index contributed by atoms with van der Waals surface area (Å²) in [4.78, 5) is 0. The third kappa shape index (κ3) is 7.47. The van der Waals surface area contributed by atoms with E-state index in [0.717, 1.165) is 0 Å². The molecule has 0 amide bonds. The first-order chi connectivity index (χ1) is 10.6. The van der Waals surface area contributed by atoms with Crippen molar-refractivity contribution in [2.24, 2.45) is 0 Å². The molecule has 1 aliphatic carbocycles. The van der Waals surface area contributed by atoms with Crippen LogP contribution in [0, 0.1) is 26.7 Å². The van der Waals surface area contributed by atoms with E-state index < -0.39 is 0 Å². The topological polar surface area (TPSA) is 0 Å². The van der Waals surface area contributed by atoms with Gasteiger partial charge in [0.15, 0.2) is 0 Å². The van der Waals surface area contributed by atoms with Crippen molar-refractivity contribution < 1.29 is 8.26 Å². The molecule has 1 aromatic carbocycles. The Balaban J connectivity index is 0.000000360. The van der Waals surface area contributed by atoms with E-state index in [9.17, 15) is 0 Å². The van der Waals surface area contributed by atoms with Crippen LogP contribution in [0.3, 0.4) is 0 Å². The molecule has 23 heavy (non-hydrogen) atoms. The van der Waals surface area contributed by atoms with E-state index in [2.05, 4.69) is 108 Å². The molecule has 1 unspecified atom stereocenters. The predicted octanol–water partition coefficient (Wildman–Crippen LogP) is 6.88. The molecule has 0 N–H and O–H groups in total. The van der Waals surface area contributed by atoms with Crippen LogP contribution in [0.1, 0.15) is 51.3 Å². The molecule has 0 saturated heterocycles. The monoisotopic (exact) mass is 601 g/mol. The molecule has 0 saturated carbocycles. The Labute approximate surface area is 174 Å². The molecule has 1 aliphatic rings. The average molecular weight is 601 g/mol. The first-order valence-corrected chi connectivity index (χ1v) is 14.9. The Morgan fingerprint density at radius 3 is 1.22 bits per heavy atom. The summed E-state index contributed by atoms with van der Waals surface area (Å²) in [6, 6.07) is 4.46. The first-order valence-electron chi connectivity index (χ1n) is 7.51. The average Bonchev–Trinajstić information content (AvgIpc) is 2.64. The van der Waals surface area contributed by atoms with E-state index in [1.165, 1.54) is 58.5 Å². The van der Waals surface area contributed by atoms with E-state index >= 15 is 0 Å². The quantitative estimate of drug-likeness (QED) is 0.225. The van der Waals surface area contributed by atoms with Gasteiger partial charge in [0, 0.05) is 15.2 Å². The van der Waals surface area contributed by atoms with Crippen LogP contribution in [0.5, 0.6) is 0 Å². The van der Waals surface area contributed by atoms with E-state index in [-0.39, 0.29) is 0 Å². The Morgan fingerprint density at radius 1 is 0.696 bits per heavy atom. The summed E-state index contributed by atoms with van der Waals surface area (Å²) < 4.78 is 0. The van der Waals surface area contributed by atoms with Crippen molar-refractivity contribution in [1.29, 1.82) is 0 Å². The molecule has 4 heteroatoms. The molecule has 2 rings (SSSR count). The molecular formula is C19H29CoI2P+. The SMILES string of the molecule is C[C]1C(C)=C(C)C(C)=C1C.Cc1cc(C)c([PH3+])c(C)c1.[I][Co][I]. The zero-order valence-corrected chi connectivity index (χ0v) is 22.2. The summed E-state index contributed by atoms with van der Waals surface area (Å²) in [7, 11) is 3.35. The first kappa shape index (κ1) is 24.1. The fourth-order valence-corrected chi connectivity index (χ4v) is 2.82. The fraction of sp³-hybridized carbons (Fsp3) is 0.421. The van der Waals surface area contributed by atoms with Crippen LogP contribution in [0.2, 0.25) is 0 Å². The van der Waals surface area contributed by atoms with Gasteiger partial charge in [-0.15, -0.1) is 0 Å². The summed E-state index contributed by atoms with van der Waals surface area (Å²) in [5, 5.41) is 1.45. The van der Waals surface area contributed by atoms with Gasteiger partial charge in [-0.1, -0.05) is 35.8 Å². The van der Waals surface area contributed by atoms with Gasteiger partial charge in [-0.25, -0.2) is 0 Å². The molecule has 0 bridgehead atoms. The van der Waals surface area contributed by atoms with Crippen molar-refractivity contribution in [3.05, 3.63) is 57.0 Å². The van der Waals surface area contributed by atoms with Crippen molar-refractivity contribution in [3.8, 4) is 0 Å². The van der Waals surface area contributed by atoms with Gasteiger partial charge in [-0.2, -0.15) is 0 Å². The van der Waals surface area contributed by atoms with Gasteiger partial charge in [0.1, 0.15) is 0 Å². The van der Waals surface area contributed by atoms with Gasteiger partial charge >= 0.3 is 49.1 Å². The standard InChI is InChI=1S/C10H15.C9H13P.Co.2HI/c1-6-7(2)9(4)10(5)8(6)3;1-6-4-7(2)9(10)8(3)5-6;;;/h1-5H3;4-5H,10H2,1-3H3;;2*1H/q;;+2;;/p-1. The van der Waals surface area contributed by atoms with Crippen LogP contribution in [-0.4, -0.2) is 0 Å². The molecule has 132 valence electrons. The Kier molecular flexibility index (Phi) is 12.2. The molecule has 1 radical (unpaired) electrons. The molecule has 1 aromatic rings. The third-order valence-electron chi connectivity index (χ3n) is 4.65. The van der Waals surface area contributed by atoms with Crippen LogP contribution >= 0.6 is 50.1 Å². The maximum absolute atomic E-state index is 2.24. The van der Waals surface area contributed by atoms with Crippen LogP contribution < -0.4 is 5.30 Å². The van der Waals surface area contributed by atoms with Crippen molar-refractivity contribution in [1.82, 2.24) is 0 Å². The summed E-state index contributed by atoms with van der Waals surface area (Å²) in [5.41, 5.74) is 10.1. The number of hydrogen-bond acceptors (Lipinski definition) is 0. The van der Waals surface area contributed by atoms with Crippen molar-refractivity contribution in [2.45, 2.75) is 55.4 Å². The third-order valence-corrected chi connectivity index (χ3v) is 5.77. The van der Waals surface area contributed by atoms with E-state index in [4.69, 9.17) is 0 Å². The van der Waals surface area contributed by atoms with Gasteiger partial charge in [-0.3, -0.25) is 0 Å². The Hall–Kier alpha value is 1.10. The summed E-state index contributed by atoms with van der Waals surface area (Å²) in [5.74, 6) is 1.47. The molecule has 1 atom stereocenters. The molecule has 0 spiro atoms. The molecule has 0 aliphatic heterocycles. The van der Waals surface area contributed by atoms with Crippen LogP contribution in [0.15, 0.2) is 34.4 Å². The Bertz CT molecular complexity index is 556. The van der Waals surface area contributed by atoms with Gasteiger partial charge in [0.05, 0.1) is 5.30 Å². The molecular weight excluding hydrogens is 572 g/mol. The van der Waals surface area contributed by atoms with Crippen LogP contribution in [0.4, 0.5) is 0 Å². The zero-order chi connectivity index (χ0) is 18.3. The van der Waals surface area contributed by atoms with Gasteiger partial charge in [-0.05, 0) is 70.7 Å². The maximum atomic E-state index is 2.24. The van der Waals surface area contributed by atoms with Crippen LogP contribution in [-0.2, 0) is 8.26 Å². The van der Waals surface area contributed by atoms with Crippen LogP contribution in [0.25, 0.3) is 0 Å². The summed E-state index contributed by atoms with van der Waals surface area (Å²) in [6.07, 6.45) is 0. The predicted molar refractivity (Wildman–Crippen MR) is 125 cm³/mol. The second kappa shape index (κ2) is 11.7. The minimum atomic E-state index is 1.37. The molecule has 0 heterocycles. The minimum absolute atomic E-state index is 1.37. The fourth-order valence-electron chi connectivity index (χ4n) is 2.62. The van der Waals surface area contributed by atoms with Crippen molar-refractivity contribution in [2.75, 3.05) is 0 Å². The number of allylic oxidation sites excluding steroid dienone is 4. The number of benzene rings is 1. The van der Waals surface area contributed by atoms with Gasteiger partial charge < -0.3 is 0 Å². The van der Waals surface area contributed by atoms with E-state index in [0.29, 0.717) is 0 Å². The number of aryl methyl sites for hydroxylation is 3. The molecule has 0 fully saturated rings. The second-order valence-electron chi connectivity index (χ2n) is 6.05. The zero-order valence-electron chi connectivity index (χ0n) is 15.5. The number of halogens is 2. The van der Waals surface area contributed by atoms with Crippen molar-refractivity contribution >= 4 is 55.4 Å². The molecule has 0 aromatic heterocycles. The summed E-state index contributed by atoms with van der Waals surface area (Å²) >= 11 is 4.49. The number of hydrogen-bond donors (Lipinski definition) is 0. The number of rotatable bonds is 0. The van der Waals surface area contributed by atoms with E-state index in [1.807, 2.05) is 9.24 Å². The normalized spacial score (nSPS) is 14.7. The second-order valence-corrected chi connectivity index (χ2v) is 15.5. The van der Waals surface area contributed by atoms with E-state index in [1.54, 1.807) is 0 Å². The van der Waals surface area contributed by atoms with Gasteiger partial charge in [0.25, 0.3) is 0 Å². The van der Waals surface area contributed by atoms with Crippen molar-refractivity contribution in [3.63, 3.8) is 0 Å². The summed E-state index contributed by atoms with van der Waals surface area (Å²) in [6.45, 7) is 17.5.